The zero-order chi connectivity index (χ0) is 16.4. The Kier molecular flexibility index (Phi) is 4.06. The van der Waals surface area contributed by atoms with E-state index in [1.165, 1.54) is 12.7 Å². The van der Waals surface area contributed by atoms with Crippen LogP contribution in [0.1, 0.15) is 27.2 Å². The molecule has 0 aliphatic rings. The van der Waals surface area contributed by atoms with Crippen molar-refractivity contribution in [2.75, 3.05) is 7.11 Å². The molecule has 0 radical (unpaired) electrons. The molecule has 0 saturated heterocycles. The molecule has 0 saturated carbocycles. The molecule has 0 bridgehead atoms. The molecule has 0 spiro atoms. The number of benzene rings is 2. The van der Waals surface area contributed by atoms with Crippen molar-refractivity contribution < 1.29 is 18.7 Å². The van der Waals surface area contributed by atoms with Crippen molar-refractivity contribution in [2.45, 2.75) is 20.5 Å². The number of hydrogen-bond donors (Lipinski definition) is 0. The Hall–Kier alpha value is -2.75. The van der Waals surface area contributed by atoms with Crippen molar-refractivity contribution in [2.24, 2.45) is 0 Å². The maximum Gasteiger partial charge on any atom is 0.342 e. The Labute approximate surface area is 134 Å². The summed E-state index contributed by atoms with van der Waals surface area (Å²) >= 11 is 0. The smallest absolute Gasteiger partial charge is 0.342 e. The fraction of sp³-hybridized carbons (Fsp3) is 0.211. The Morgan fingerprint density at radius 1 is 1.13 bits per heavy atom. The van der Waals surface area contributed by atoms with Crippen LogP contribution in [0.2, 0.25) is 0 Å². The SMILES string of the molecule is COC(=O)c1c(C)oc2ccc(OCc3ccccc3C)cc12. The molecule has 0 aliphatic carbocycles. The highest BCUT2D eigenvalue weighted by molar-refractivity contribution is 6.04. The van der Waals surface area contributed by atoms with Crippen molar-refractivity contribution in [3.63, 3.8) is 0 Å². The van der Waals surface area contributed by atoms with Gasteiger partial charge in [-0.25, -0.2) is 4.79 Å². The van der Waals surface area contributed by atoms with Crippen LogP contribution in [0.5, 0.6) is 5.75 Å². The van der Waals surface area contributed by atoms with E-state index in [1.54, 1.807) is 6.92 Å². The van der Waals surface area contributed by atoms with Crippen LogP contribution < -0.4 is 4.74 Å². The minimum absolute atomic E-state index is 0.405. The first-order valence-corrected chi connectivity index (χ1v) is 7.39. The highest BCUT2D eigenvalue weighted by Gasteiger charge is 2.19. The number of ether oxygens (including phenoxy) is 2. The van der Waals surface area contributed by atoms with Gasteiger partial charge in [0.25, 0.3) is 0 Å². The summed E-state index contributed by atoms with van der Waals surface area (Å²) in [5.74, 6) is 0.826. The Morgan fingerprint density at radius 3 is 2.65 bits per heavy atom. The second-order valence-electron chi connectivity index (χ2n) is 5.40. The molecule has 118 valence electrons. The first kappa shape index (κ1) is 15.2. The van der Waals surface area contributed by atoms with E-state index in [0.29, 0.717) is 34.6 Å². The topological polar surface area (TPSA) is 48.7 Å². The fourth-order valence-corrected chi connectivity index (χ4v) is 2.58. The molecule has 0 N–H and O–H groups in total. The van der Waals surface area contributed by atoms with E-state index < -0.39 is 5.97 Å². The van der Waals surface area contributed by atoms with Crippen molar-refractivity contribution in [1.82, 2.24) is 0 Å². The normalized spacial score (nSPS) is 10.7. The minimum Gasteiger partial charge on any atom is -0.489 e. The average molecular weight is 310 g/mol. The maximum absolute atomic E-state index is 11.9. The molecule has 4 heteroatoms. The standard InChI is InChI=1S/C19H18O4/c1-12-6-4-5-7-14(12)11-22-15-8-9-17-16(10-15)18(13(2)23-17)19(20)21-3/h4-10H,11H2,1-3H3. The van der Waals surface area contributed by atoms with Gasteiger partial charge in [0, 0.05) is 5.39 Å². The van der Waals surface area contributed by atoms with Gasteiger partial charge in [-0.15, -0.1) is 0 Å². The quantitative estimate of drug-likeness (QED) is 0.669. The van der Waals surface area contributed by atoms with E-state index in [-0.39, 0.29) is 0 Å². The summed E-state index contributed by atoms with van der Waals surface area (Å²) in [5, 5.41) is 0.705. The highest BCUT2D eigenvalue weighted by Crippen LogP contribution is 2.30. The molecule has 1 heterocycles. The minimum atomic E-state index is -0.405. The van der Waals surface area contributed by atoms with Gasteiger partial charge in [0.15, 0.2) is 0 Å². The van der Waals surface area contributed by atoms with E-state index in [0.717, 1.165) is 5.56 Å². The molecule has 0 unspecified atom stereocenters. The predicted octanol–water partition coefficient (Wildman–Crippen LogP) is 4.42. The lowest BCUT2D eigenvalue weighted by atomic mass is 10.1. The Bertz CT molecular complexity index is 861. The molecule has 2 aromatic carbocycles. The summed E-state index contributed by atoms with van der Waals surface area (Å²) in [7, 11) is 1.36. The lowest BCUT2D eigenvalue weighted by Gasteiger charge is -2.08. The van der Waals surface area contributed by atoms with Gasteiger partial charge < -0.3 is 13.9 Å². The predicted molar refractivity (Wildman–Crippen MR) is 87.8 cm³/mol. The third-order valence-corrected chi connectivity index (χ3v) is 3.88. The molecule has 0 amide bonds. The van der Waals surface area contributed by atoms with Crippen LogP contribution in [-0.2, 0) is 11.3 Å². The second-order valence-corrected chi connectivity index (χ2v) is 5.40. The lowest BCUT2D eigenvalue weighted by molar-refractivity contribution is 0.0601. The largest absolute Gasteiger partial charge is 0.489 e. The number of hydrogen-bond acceptors (Lipinski definition) is 4. The summed E-state index contributed by atoms with van der Waals surface area (Å²) in [5.41, 5.74) is 3.40. The Morgan fingerprint density at radius 2 is 1.91 bits per heavy atom. The van der Waals surface area contributed by atoms with Gasteiger partial charge in [0.1, 0.15) is 29.3 Å². The molecule has 0 aliphatic heterocycles. The third-order valence-electron chi connectivity index (χ3n) is 3.88. The summed E-state index contributed by atoms with van der Waals surface area (Å²) in [6.07, 6.45) is 0. The lowest BCUT2D eigenvalue weighted by Crippen LogP contribution is -2.02. The second kappa shape index (κ2) is 6.16. The van der Waals surface area contributed by atoms with Crippen LogP contribution >= 0.6 is 0 Å². The van der Waals surface area contributed by atoms with Gasteiger partial charge in [0.2, 0.25) is 0 Å². The number of methoxy groups -OCH3 is 1. The molecule has 0 fully saturated rings. The van der Waals surface area contributed by atoms with Crippen LogP contribution in [0, 0.1) is 13.8 Å². The molecular weight excluding hydrogens is 292 g/mol. The van der Waals surface area contributed by atoms with Crippen LogP contribution in [0.3, 0.4) is 0 Å². The molecular formula is C19H18O4. The molecule has 3 rings (SSSR count). The van der Waals surface area contributed by atoms with E-state index >= 15 is 0 Å². The van der Waals surface area contributed by atoms with Crippen LogP contribution in [0.25, 0.3) is 11.0 Å². The van der Waals surface area contributed by atoms with Gasteiger partial charge in [-0.05, 0) is 43.2 Å². The van der Waals surface area contributed by atoms with Crippen molar-refractivity contribution in [3.05, 3.63) is 64.9 Å². The summed E-state index contributed by atoms with van der Waals surface area (Å²) in [6.45, 7) is 4.28. The molecule has 23 heavy (non-hydrogen) atoms. The summed E-state index contributed by atoms with van der Waals surface area (Å²) < 4.78 is 16.3. The number of carbonyl (C=O) groups excluding carboxylic acids is 1. The number of furan rings is 1. The number of fused-ring (bicyclic) bond motifs is 1. The molecule has 1 aromatic heterocycles. The number of carbonyl (C=O) groups is 1. The number of esters is 1. The van der Waals surface area contributed by atoms with Gasteiger partial charge in [-0.1, -0.05) is 24.3 Å². The van der Waals surface area contributed by atoms with Crippen molar-refractivity contribution >= 4 is 16.9 Å². The number of rotatable bonds is 4. The van der Waals surface area contributed by atoms with Gasteiger partial charge in [0.05, 0.1) is 7.11 Å². The fourth-order valence-electron chi connectivity index (χ4n) is 2.58. The summed E-state index contributed by atoms with van der Waals surface area (Å²) in [6, 6.07) is 13.5. The maximum atomic E-state index is 11.9. The van der Waals surface area contributed by atoms with Crippen LogP contribution in [-0.4, -0.2) is 13.1 Å². The zero-order valence-corrected chi connectivity index (χ0v) is 13.4. The highest BCUT2D eigenvalue weighted by atomic mass is 16.5. The average Bonchev–Trinajstić information content (AvgIpc) is 2.88. The van der Waals surface area contributed by atoms with Gasteiger partial charge in [-0.2, -0.15) is 0 Å². The first-order chi connectivity index (χ1) is 11.1. The third kappa shape index (κ3) is 2.93. The van der Waals surface area contributed by atoms with Crippen LogP contribution in [0.15, 0.2) is 46.9 Å². The van der Waals surface area contributed by atoms with E-state index in [9.17, 15) is 4.79 Å². The monoisotopic (exact) mass is 310 g/mol. The molecule has 0 atom stereocenters. The van der Waals surface area contributed by atoms with Crippen molar-refractivity contribution in [1.29, 1.82) is 0 Å². The van der Waals surface area contributed by atoms with Gasteiger partial charge in [-0.3, -0.25) is 0 Å². The first-order valence-electron chi connectivity index (χ1n) is 7.39. The van der Waals surface area contributed by atoms with E-state index in [2.05, 4.69) is 13.0 Å². The van der Waals surface area contributed by atoms with E-state index in [1.807, 2.05) is 36.4 Å². The van der Waals surface area contributed by atoms with Gasteiger partial charge >= 0.3 is 5.97 Å². The molecule has 4 nitrogen and oxygen atoms in total. The van der Waals surface area contributed by atoms with Crippen molar-refractivity contribution in [3.8, 4) is 5.75 Å². The molecule has 3 aromatic rings. The Balaban J connectivity index is 1.90. The van der Waals surface area contributed by atoms with Crippen LogP contribution in [0.4, 0.5) is 0 Å². The van der Waals surface area contributed by atoms with E-state index in [4.69, 9.17) is 13.9 Å². The summed E-state index contributed by atoms with van der Waals surface area (Å²) in [4.78, 5) is 11.9. The zero-order valence-electron chi connectivity index (χ0n) is 13.4. The number of aryl methyl sites for hydroxylation is 2.